The number of carbonyl (C=O) groups is 1. The molecule has 1 N–H and O–H groups in total. The number of fused-ring (bicyclic) bond motifs is 1. The van der Waals surface area contributed by atoms with Gasteiger partial charge >= 0.3 is 4.87 Å². The Morgan fingerprint density at radius 1 is 1.10 bits per heavy atom. The maximum absolute atomic E-state index is 12.6. The number of nitrogens with zero attached hydrogens (tertiary/aromatic N) is 2. The lowest BCUT2D eigenvalue weighted by Gasteiger charge is -2.15. The smallest absolute Gasteiger partial charge is 0.308 e. The number of amides is 1. The third-order valence-electron chi connectivity index (χ3n) is 5.41. The van der Waals surface area contributed by atoms with Crippen LogP contribution in [0.4, 0.5) is 5.69 Å². The second-order valence-corrected chi connectivity index (χ2v) is 11.0. The van der Waals surface area contributed by atoms with E-state index >= 15 is 0 Å². The monoisotopic (exact) mass is 459 g/mol. The standard InChI is InChI=1S/C22H25N3O4S2/c1-15(2)25-19-10-9-18(13-20(19)30-22(25)27)23-21(26)17-7-5-16(6-8-17)14-31(28,29)24-11-3-4-12-24/h5-10,13,15H,3-4,11-12,14H2,1-2H3,(H,23,26). The fourth-order valence-electron chi connectivity index (χ4n) is 3.83. The van der Waals surface area contributed by atoms with Gasteiger partial charge in [-0.15, -0.1) is 0 Å². The second-order valence-electron chi connectivity index (χ2n) is 8.03. The van der Waals surface area contributed by atoms with Crippen LogP contribution < -0.4 is 10.2 Å². The van der Waals surface area contributed by atoms with Gasteiger partial charge in [0.1, 0.15) is 0 Å². The van der Waals surface area contributed by atoms with Gasteiger partial charge in [-0.1, -0.05) is 23.5 Å². The van der Waals surface area contributed by atoms with E-state index in [9.17, 15) is 18.0 Å². The molecule has 0 aliphatic carbocycles. The van der Waals surface area contributed by atoms with Crippen molar-refractivity contribution in [3.63, 3.8) is 0 Å². The number of sulfonamides is 1. The summed E-state index contributed by atoms with van der Waals surface area (Å²) < 4.78 is 29.0. The summed E-state index contributed by atoms with van der Waals surface area (Å²) >= 11 is 1.16. The third-order valence-corrected chi connectivity index (χ3v) is 8.18. The molecule has 1 saturated heterocycles. The maximum atomic E-state index is 12.6. The number of hydrogen-bond donors (Lipinski definition) is 1. The van der Waals surface area contributed by atoms with Crippen molar-refractivity contribution in [2.24, 2.45) is 0 Å². The van der Waals surface area contributed by atoms with Crippen LogP contribution in [0.1, 0.15) is 48.7 Å². The van der Waals surface area contributed by atoms with Gasteiger partial charge in [0, 0.05) is 30.4 Å². The Morgan fingerprint density at radius 3 is 2.42 bits per heavy atom. The Morgan fingerprint density at radius 2 is 1.77 bits per heavy atom. The summed E-state index contributed by atoms with van der Waals surface area (Å²) in [5.74, 6) is -0.346. The molecule has 0 atom stereocenters. The molecular formula is C22H25N3O4S2. The highest BCUT2D eigenvalue weighted by Gasteiger charge is 2.25. The van der Waals surface area contributed by atoms with Gasteiger partial charge in [0.15, 0.2) is 0 Å². The second kappa shape index (κ2) is 8.57. The molecule has 0 spiro atoms. The van der Waals surface area contributed by atoms with Crippen molar-refractivity contribution in [3.8, 4) is 0 Å². The topological polar surface area (TPSA) is 88.5 Å². The lowest BCUT2D eigenvalue weighted by Crippen LogP contribution is -2.29. The Balaban J connectivity index is 1.47. The van der Waals surface area contributed by atoms with Gasteiger partial charge in [-0.05, 0) is 62.6 Å². The van der Waals surface area contributed by atoms with E-state index < -0.39 is 10.0 Å². The summed E-state index contributed by atoms with van der Waals surface area (Å²) in [5, 5.41) is 2.85. The number of anilines is 1. The maximum Gasteiger partial charge on any atom is 0.308 e. The first kappa shape index (κ1) is 21.7. The van der Waals surface area contributed by atoms with Crippen LogP contribution in [0.25, 0.3) is 10.2 Å². The number of aromatic nitrogens is 1. The summed E-state index contributed by atoms with van der Waals surface area (Å²) in [6.07, 6.45) is 1.81. The molecule has 31 heavy (non-hydrogen) atoms. The Labute approximate surface area is 185 Å². The first-order chi connectivity index (χ1) is 14.7. The molecule has 1 aromatic heterocycles. The Kier molecular flexibility index (Phi) is 6.00. The minimum Gasteiger partial charge on any atom is -0.322 e. The first-order valence-electron chi connectivity index (χ1n) is 10.3. The molecule has 1 fully saturated rings. The summed E-state index contributed by atoms with van der Waals surface area (Å²) in [6.45, 7) is 5.09. The third kappa shape index (κ3) is 4.58. The molecule has 7 nitrogen and oxygen atoms in total. The van der Waals surface area contributed by atoms with Crippen molar-refractivity contribution < 1.29 is 13.2 Å². The molecule has 0 unspecified atom stereocenters. The van der Waals surface area contributed by atoms with E-state index in [1.54, 1.807) is 41.0 Å². The van der Waals surface area contributed by atoms with Crippen molar-refractivity contribution in [2.75, 3.05) is 18.4 Å². The molecule has 0 saturated carbocycles. The van der Waals surface area contributed by atoms with Crippen molar-refractivity contribution in [1.82, 2.24) is 8.87 Å². The van der Waals surface area contributed by atoms with Crippen LogP contribution in [0.15, 0.2) is 47.3 Å². The fraction of sp³-hybridized carbons (Fsp3) is 0.364. The van der Waals surface area contributed by atoms with E-state index in [2.05, 4.69) is 5.32 Å². The molecule has 164 valence electrons. The van der Waals surface area contributed by atoms with Gasteiger partial charge in [0.2, 0.25) is 10.0 Å². The minimum absolute atomic E-state index is 0.0204. The number of nitrogens with one attached hydrogen (secondary N) is 1. The van der Waals surface area contributed by atoms with Gasteiger partial charge in [-0.3, -0.25) is 14.2 Å². The average molecular weight is 460 g/mol. The molecule has 3 aromatic rings. The molecule has 1 aliphatic rings. The molecule has 2 aromatic carbocycles. The van der Waals surface area contributed by atoms with Crippen LogP contribution in [-0.4, -0.2) is 36.3 Å². The Bertz CT molecular complexity index is 1270. The van der Waals surface area contributed by atoms with Crippen LogP contribution in [0.2, 0.25) is 0 Å². The zero-order chi connectivity index (χ0) is 22.2. The van der Waals surface area contributed by atoms with E-state index in [1.807, 2.05) is 19.9 Å². The summed E-state index contributed by atoms with van der Waals surface area (Å²) in [4.78, 5) is 24.8. The zero-order valence-electron chi connectivity index (χ0n) is 17.5. The lowest BCUT2D eigenvalue weighted by molar-refractivity contribution is 0.102. The first-order valence-corrected chi connectivity index (χ1v) is 12.7. The predicted octanol–water partition coefficient (Wildman–Crippen LogP) is 3.82. The lowest BCUT2D eigenvalue weighted by atomic mass is 10.1. The zero-order valence-corrected chi connectivity index (χ0v) is 19.1. The fourth-order valence-corrected chi connectivity index (χ4v) is 6.49. The van der Waals surface area contributed by atoms with Gasteiger partial charge in [-0.2, -0.15) is 0 Å². The molecule has 1 amide bonds. The van der Waals surface area contributed by atoms with Crippen molar-refractivity contribution in [1.29, 1.82) is 0 Å². The summed E-state index contributed by atoms with van der Waals surface area (Å²) in [5.41, 5.74) is 2.56. The number of hydrogen-bond acceptors (Lipinski definition) is 5. The van der Waals surface area contributed by atoms with Crippen molar-refractivity contribution in [2.45, 2.75) is 38.5 Å². The van der Waals surface area contributed by atoms with E-state index in [0.29, 0.717) is 29.9 Å². The minimum atomic E-state index is -3.32. The molecule has 0 radical (unpaired) electrons. The molecule has 9 heteroatoms. The molecule has 4 rings (SSSR count). The van der Waals surface area contributed by atoms with Crippen LogP contribution in [0, 0.1) is 0 Å². The van der Waals surface area contributed by atoms with Crippen LogP contribution in [-0.2, 0) is 15.8 Å². The van der Waals surface area contributed by atoms with Crippen molar-refractivity contribution >= 4 is 43.2 Å². The largest absolute Gasteiger partial charge is 0.322 e. The molecule has 2 heterocycles. The Hall–Kier alpha value is -2.49. The summed E-state index contributed by atoms with van der Waals surface area (Å²) in [6, 6.07) is 12.1. The quantitative estimate of drug-likeness (QED) is 0.607. The van der Waals surface area contributed by atoms with E-state index in [1.165, 1.54) is 4.31 Å². The van der Waals surface area contributed by atoms with E-state index in [0.717, 1.165) is 34.4 Å². The van der Waals surface area contributed by atoms with Gasteiger partial charge in [0.05, 0.1) is 16.0 Å². The van der Waals surface area contributed by atoms with E-state index in [-0.39, 0.29) is 22.6 Å². The SMILES string of the molecule is CC(C)n1c(=O)sc2cc(NC(=O)c3ccc(CS(=O)(=O)N4CCCC4)cc3)ccc21. The highest BCUT2D eigenvalue weighted by molar-refractivity contribution is 7.88. The van der Waals surface area contributed by atoms with E-state index in [4.69, 9.17) is 0 Å². The molecular weight excluding hydrogens is 434 g/mol. The van der Waals surface area contributed by atoms with Gasteiger partial charge < -0.3 is 5.32 Å². The number of thiazole rings is 1. The van der Waals surface area contributed by atoms with Gasteiger partial charge in [-0.25, -0.2) is 12.7 Å². The highest BCUT2D eigenvalue weighted by Crippen LogP contribution is 2.24. The average Bonchev–Trinajstić information content (AvgIpc) is 3.35. The number of benzene rings is 2. The normalized spacial score (nSPS) is 15.1. The number of rotatable bonds is 6. The van der Waals surface area contributed by atoms with Crippen LogP contribution >= 0.6 is 11.3 Å². The molecule has 1 aliphatic heterocycles. The van der Waals surface area contributed by atoms with Crippen LogP contribution in [0.3, 0.4) is 0 Å². The highest BCUT2D eigenvalue weighted by atomic mass is 32.2. The number of carbonyl (C=O) groups excluding carboxylic acids is 1. The van der Waals surface area contributed by atoms with Crippen molar-refractivity contribution in [3.05, 3.63) is 63.3 Å². The molecule has 0 bridgehead atoms. The predicted molar refractivity (Wildman–Crippen MR) is 124 cm³/mol. The summed E-state index contributed by atoms with van der Waals surface area (Å²) in [7, 11) is -3.32. The van der Waals surface area contributed by atoms with Gasteiger partial charge in [0.25, 0.3) is 5.91 Å². The van der Waals surface area contributed by atoms with Crippen LogP contribution in [0.5, 0.6) is 0 Å².